The molecule has 2 amide bonds. The van der Waals surface area contributed by atoms with Crippen molar-refractivity contribution in [2.75, 3.05) is 11.9 Å². The molecule has 0 saturated heterocycles. The van der Waals surface area contributed by atoms with Gasteiger partial charge < -0.3 is 10.6 Å². The second-order valence-corrected chi connectivity index (χ2v) is 4.93. The molecule has 0 bridgehead atoms. The van der Waals surface area contributed by atoms with Crippen LogP contribution in [0.5, 0.6) is 0 Å². The zero-order chi connectivity index (χ0) is 14.4. The lowest BCUT2D eigenvalue weighted by atomic mass is 10.2. The molecular weight excluding hydrogens is 320 g/mol. The Morgan fingerprint density at radius 1 is 0.950 bits per heavy atom. The lowest BCUT2D eigenvalue weighted by Crippen LogP contribution is -2.33. The molecule has 0 unspecified atom stereocenters. The Morgan fingerprint density at radius 2 is 1.60 bits per heavy atom. The van der Waals surface area contributed by atoms with Gasteiger partial charge in [0, 0.05) is 10.2 Å². The molecule has 0 aliphatic heterocycles. The van der Waals surface area contributed by atoms with E-state index in [9.17, 15) is 9.59 Å². The molecular formula is C15H13BrN2O2. The summed E-state index contributed by atoms with van der Waals surface area (Å²) in [6.45, 7) is -0.0743. The standard InChI is InChI=1S/C15H13BrN2O2/c16-13-9-5-4-8-12(13)15(20)17-10-14(19)18-11-6-2-1-3-7-11/h1-9H,10H2,(H,17,20)(H,18,19). The maximum atomic E-state index is 11.9. The lowest BCUT2D eigenvalue weighted by Gasteiger charge is -2.07. The van der Waals surface area contributed by atoms with Crippen molar-refractivity contribution in [3.05, 3.63) is 64.6 Å². The first-order valence-corrected chi connectivity index (χ1v) is 6.84. The topological polar surface area (TPSA) is 58.2 Å². The number of rotatable bonds is 4. The highest BCUT2D eigenvalue weighted by molar-refractivity contribution is 9.10. The number of benzene rings is 2. The third-order valence-corrected chi connectivity index (χ3v) is 3.28. The van der Waals surface area contributed by atoms with E-state index in [1.54, 1.807) is 30.3 Å². The predicted molar refractivity (Wildman–Crippen MR) is 81.5 cm³/mol. The van der Waals surface area contributed by atoms with E-state index in [0.717, 1.165) is 0 Å². The number of para-hydroxylation sites is 1. The Kier molecular flexibility index (Phi) is 4.90. The Morgan fingerprint density at radius 3 is 2.30 bits per heavy atom. The first kappa shape index (κ1) is 14.3. The average molecular weight is 333 g/mol. The van der Waals surface area contributed by atoms with E-state index < -0.39 is 0 Å². The van der Waals surface area contributed by atoms with Crippen molar-refractivity contribution in [1.29, 1.82) is 0 Å². The predicted octanol–water partition coefficient (Wildman–Crippen LogP) is 2.82. The average Bonchev–Trinajstić information content (AvgIpc) is 2.46. The highest BCUT2D eigenvalue weighted by atomic mass is 79.9. The molecule has 0 aromatic heterocycles. The van der Waals surface area contributed by atoms with Crippen LogP contribution in [0.1, 0.15) is 10.4 Å². The number of hydrogen-bond donors (Lipinski definition) is 2. The van der Waals surface area contributed by atoms with Gasteiger partial charge in [-0.05, 0) is 40.2 Å². The van der Waals surface area contributed by atoms with Crippen LogP contribution in [0.15, 0.2) is 59.1 Å². The molecule has 0 heterocycles. The van der Waals surface area contributed by atoms with Gasteiger partial charge in [0.2, 0.25) is 5.91 Å². The van der Waals surface area contributed by atoms with E-state index in [1.165, 1.54) is 0 Å². The van der Waals surface area contributed by atoms with Gasteiger partial charge >= 0.3 is 0 Å². The van der Waals surface area contributed by atoms with Gasteiger partial charge in [-0.25, -0.2) is 0 Å². The number of nitrogens with one attached hydrogen (secondary N) is 2. The van der Waals surface area contributed by atoms with Crippen molar-refractivity contribution >= 4 is 33.4 Å². The molecule has 4 nitrogen and oxygen atoms in total. The SMILES string of the molecule is O=C(CNC(=O)c1ccccc1Br)Nc1ccccc1. The van der Waals surface area contributed by atoms with E-state index in [1.807, 2.05) is 24.3 Å². The van der Waals surface area contributed by atoms with Crippen LogP contribution in [-0.2, 0) is 4.79 Å². The van der Waals surface area contributed by atoms with Gasteiger partial charge in [-0.2, -0.15) is 0 Å². The second kappa shape index (κ2) is 6.86. The van der Waals surface area contributed by atoms with Crippen LogP contribution in [0.3, 0.4) is 0 Å². The van der Waals surface area contributed by atoms with Gasteiger partial charge in [0.25, 0.3) is 5.91 Å². The normalized spacial score (nSPS) is 9.85. The fourth-order valence-corrected chi connectivity index (χ4v) is 2.09. The third-order valence-electron chi connectivity index (χ3n) is 2.59. The van der Waals surface area contributed by atoms with E-state index in [4.69, 9.17) is 0 Å². The molecule has 0 aliphatic carbocycles. The number of hydrogen-bond acceptors (Lipinski definition) is 2. The van der Waals surface area contributed by atoms with Crippen LogP contribution in [0.25, 0.3) is 0 Å². The summed E-state index contributed by atoms with van der Waals surface area (Å²) in [5.74, 6) is -0.558. The van der Waals surface area contributed by atoms with Gasteiger partial charge in [0.05, 0.1) is 12.1 Å². The van der Waals surface area contributed by atoms with Crippen molar-refractivity contribution in [3.8, 4) is 0 Å². The van der Waals surface area contributed by atoms with Crippen LogP contribution in [0, 0.1) is 0 Å². The summed E-state index contributed by atoms with van der Waals surface area (Å²) < 4.78 is 0.695. The minimum absolute atomic E-state index is 0.0743. The number of anilines is 1. The zero-order valence-corrected chi connectivity index (χ0v) is 12.2. The number of carbonyl (C=O) groups excluding carboxylic acids is 2. The second-order valence-electron chi connectivity index (χ2n) is 4.08. The molecule has 0 radical (unpaired) electrons. The molecule has 2 rings (SSSR count). The lowest BCUT2D eigenvalue weighted by molar-refractivity contribution is -0.115. The maximum Gasteiger partial charge on any atom is 0.252 e. The molecule has 5 heteroatoms. The molecule has 0 spiro atoms. The summed E-state index contributed by atoms with van der Waals surface area (Å²) in [6, 6.07) is 16.1. The third kappa shape index (κ3) is 3.93. The highest BCUT2D eigenvalue weighted by Gasteiger charge is 2.10. The van der Waals surface area contributed by atoms with Gasteiger partial charge in [-0.15, -0.1) is 0 Å². The van der Waals surface area contributed by atoms with E-state index >= 15 is 0 Å². The molecule has 0 aliphatic rings. The number of carbonyl (C=O) groups is 2. The largest absolute Gasteiger partial charge is 0.343 e. The summed E-state index contributed by atoms with van der Waals surface area (Å²) in [5, 5.41) is 5.28. The van der Waals surface area contributed by atoms with Gasteiger partial charge in [-0.3, -0.25) is 9.59 Å². The van der Waals surface area contributed by atoms with E-state index in [0.29, 0.717) is 15.7 Å². The molecule has 20 heavy (non-hydrogen) atoms. The first-order chi connectivity index (χ1) is 9.66. The Bertz CT molecular complexity index is 614. The Hall–Kier alpha value is -2.14. The maximum absolute atomic E-state index is 11.9. The van der Waals surface area contributed by atoms with E-state index in [2.05, 4.69) is 26.6 Å². The molecule has 2 N–H and O–H groups in total. The van der Waals surface area contributed by atoms with Gasteiger partial charge in [-0.1, -0.05) is 30.3 Å². The van der Waals surface area contributed by atoms with Crippen LogP contribution in [0.2, 0.25) is 0 Å². The van der Waals surface area contributed by atoms with Crippen molar-refractivity contribution in [2.45, 2.75) is 0 Å². The molecule has 0 saturated carbocycles. The summed E-state index contributed by atoms with van der Waals surface area (Å²) in [4.78, 5) is 23.6. The van der Waals surface area contributed by atoms with Crippen LogP contribution < -0.4 is 10.6 Å². The quantitative estimate of drug-likeness (QED) is 0.904. The molecule has 2 aromatic carbocycles. The minimum atomic E-state index is -0.291. The van der Waals surface area contributed by atoms with Crippen LogP contribution >= 0.6 is 15.9 Å². The fourth-order valence-electron chi connectivity index (χ4n) is 1.63. The number of amides is 2. The van der Waals surface area contributed by atoms with Crippen molar-refractivity contribution < 1.29 is 9.59 Å². The summed E-state index contributed by atoms with van der Waals surface area (Å²) >= 11 is 3.30. The van der Waals surface area contributed by atoms with Crippen molar-refractivity contribution in [1.82, 2.24) is 5.32 Å². The summed E-state index contributed by atoms with van der Waals surface area (Å²) in [6.07, 6.45) is 0. The molecule has 102 valence electrons. The summed E-state index contributed by atoms with van der Waals surface area (Å²) in [7, 11) is 0. The summed E-state index contributed by atoms with van der Waals surface area (Å²) in [5.41, 5.74) is 1.20. The Labute approximate surface area is 125 Å². The van der Waals surface area contributed by atoms with Crippen molar-refractivity contribution in [3.63, 3.8) is 0 Å². The minimum Gasteiger partial charge on any atom is -0.343 e. The monoisotopic (exact) mass is 332 g/mol. The van der Waals surface area contributed by atoms with Crippen molar-refractivity contribution in [2.24, 2.45) is 0 Å². The first-order valence-electron chi connectivity index (χ1n) is 6.04. The smallest absolute Gasteiger partial charge is 0.252 e. The molecule has 2 aromatic rings. The number of halogens is 1. The molecule has 0 fully saturated rings. The highest BCUT2D eigenvalue weighted by Crippen LogP contribution is 2.15. The molecule has 0 atom stereocenters. The fraction of sp³-hybridized carbons (Fsp3) is 0.0667. The van der Waals surface area contributed by atoms with E-state index in [-0.39, 0.29) is 18.4 Å². The van der Waals surface area contributed by atoms with Crippen LogP contribution in [-0.4, -0.2) is 18.4 Å². The Balaban J connectivity index is 1.88. The van der Waals surface area contributed by atoms with Gasteiger partial charge in [0.15, 0.2) is 0 Å². The van der Waals surface area contributed by atoms with Crippen LogP contribution in [0.4, 0.5) is 5.69 Å². The van der Waals surface area contributed by atoms with Gasteiger partial charge in [0.1, 0.15) is 0 Å². The zero-order valence-electron chi connectivity index (χ0n) is 10.6.